The molecule has 9 heteroatoms. The van der Waals surface area contributed by atoms with Gasteiger partial charge in [-0.2, -0.15) is 0 Å². The van der Waals surface area contributed by atoms with Crippen LogP contribution in [0.1, 0.15) is 76.8 Å². The predicted octanol–water partition coefficient (Wildman–Crippen LogP) is 4.89. The summed E-state index contributed by atoms with van der Waals surface area (Å²) >= 11 is 0. The van der Waals surface area contributed by atoms with Crippen molar-refractivity contribution in [3.8, 4) is 0 Å². The fourth-order valence-electron chi connectivity index (χ4n) is 4.80. The standard InChI is InChI=1S/C31H51N7O2/c1-6-7-8-9-17-35-29(21-28(32)33-4)38(31(40)34-5)23-27-12-10-26(11-13-27)22-37-19-15-25(16-20-37)14-18-36-30(39)24(2)3/h10-13,21,24-25,32,35H,4,6-9,14-20,22-23H2,1-3,5H3,(H,34,40)(H,36,39). The minimum absolute atomic E-state index is 0.00406. The van der Waals surface area contributed by atoms with Gasteiger partial charge in [0.05, 0.1) is 6.54 Å². The van der Waals surface area contributed by atoms with Crippen molar-refractivity contribution in [2.75, 3.05) is 33.2 Å². The molecule has 1 aromatic rings. The lowest BCUT2D eigenvalue weighted by atomic mass is 9.93. The number of aliphatic imine (C=N–C) groups is 1. The molecular weight excluding hydrogens is 502 g/mol. The van der Waals surface area contributed by atoms with Gasteiger partial charge in [-0.3, -0.25) is 20.0 Å². The molecule has 0 bridgehead atoms. The molecule has 1 fully saturated rings. The smallest absolute Gasteiger partial charge is 0.323 e. The van der Waals surface area contributed by atoms with E-state index < -0.39 is 0 Å². The number of amides is 3. The molecule has 1 aliphatic heterocycles. The van der Waals surface area contributed by atoms with Gasteiger partial charge in [0.25, 0.3) is 0 Å². The summed E-state index contributed by atoms with van der Waals surface area (Å²) in [5.41, 5.74) is 2.26. The molecule has 0 unspecified atom stereocenters. The molecular formula is C31H51N7O2. The van der Waals surface area contributed by atoms with Crippen LogP contribution in [0, 0.1) is 17.2 Å². The van der Waals surface area contributed by atoms with Gasteiger partial charge in [0, 0.05) is 38.7 Å². The maximum absolute atomic E-state index is 12.8. The van der Waals surface area contributed by atoms with E-state index in [2.05, 4.69) is 63.7 Å². The number of benzene rings is 1. The second-order valence-corrected chi connectivity index (χ2v) is 11.0. The third-order valence-corrected chi connectivity index (χ3v) is 7.38. The summed E-state index contributed by atoms with van der Waals surface area (Å²) in [5, 5.41) is 17.1. The van der Waals surface area contributed by atoms with Crippen LogP contribution in [-0.2, 0) is 17.9 Å². The molecule has 1 aromatic carbocycles. The van der Waals surface area contributed by atoms with Gasteiger partial charge in [-0.05, 0) is 62.5 Å². The Bertz CT molecular complexity index is 966. The first-order valence-electron chi connectivity index (χ1n) is 14.8. The number of amidine groups is 1. The number of piperidine rings is 1. The van der Waals surface area contributed by atoms with Crippen LogP contribution < -0.4 is 16.0 Å². The monoisotopic (exact) mass is 553 g/mol. The molecule has 222 valence electrons. The number of urea groups is 1. The molecule has 0 aromatic heterocycles. The van der Waals surface area contributed by atoms with Gasteiger partial charge >= 0.3 is 6.03 Å². The minimum Gasteiger partial charge on any atom is -0.371 e. The molecule has 9 nitrogen and oxygen atoms in total. The number of carbonyl (C=O) groups is 2. The average Bonchev–Trinajstić information content (AvgIpc) is 2.96. The zero-order valence-electron chi connectivity index (χ0n) is 25.1. The summed E-state index contributed by atoms with van der Waals surface area (Å²) in [5.74, 6) is 1.40. The van der Waals surface area contributed by atoms with Crippen molar-refractivity contribution in [3.05, 3.63) is 47.3 Å². The molecule has 1 heterocycles. The highest BCUT2D eigenvalue weighted by atomic mass is 16.2. The Morgan fingerprint density at radius 1 is 1.10 bits per heavy atom. The molecule has 0 radical (unpaired) electrons. The van der Waals surface area contributed by atoms with E-state index in [1.807, 2.05) is 13.8 Å². The van der Waals surface area contributed by atoms with Crippen molar-refractivity contribution in [2.24, 2.45) is 16.8 Å². The van der Waals surface area contributed by atoms with E-state index in [4.69, 9.17) is 5.41 Å². The van der Waals surface area contributed by atoms with Crippen LogP contribution in [0.4, 0.5) is 4.79 Å². The number of unbranched alkanes of at least 4 members (excludes halogenated alkanes) is 3. The van der Waals surface area contributed by atoms with Crippen LogP contribution in [0.15, 0.2) is 41.2 Å². The van der Waals surface area contributed by atoms with E-state index in [-0.39, 0.29) is 23.7 Å². The molecule has 1 aliphatic rings. The van der Waals surface area contributed by atoms with Crippen molar-refractivity contribution >= 4 is 24.5 Å². The summed E-state index contributed by atoms with van der Waals surface area (Å²) in [7, 11) is 1.61. The van der Waals surface area contributed by atoms with Gasteiger partial charge in [0.15, 0.2) is 0 Å². The lowest BCUT2D eigenvalue weighted by Gasteiger charge is -2.32. The molecule has 40 heavy (non-hydrogen) atoms. The first-order chi connectivity index (χ1) is 19.3. The van der Waals surface area contributed by atoms with Crippen molar-refractivity contribution in [1.29, 1.82) is 5.41 Å². The Kier molecular flexibility index (Phi) is 15.0. The largest absolute Gasteiger partial charge is 0.371 e. The third kappa shape index (κ3) is 11.9. The van der Waals surface area contributed by atoms with Crippen molar-refractivity contribution in [1.82, 2.24) is 25.8 Å². The summed E-state index contributed by atoms with van der Waals surface area (Å²) < 4.78 is 0. The zero-order valence-corrected chi connectivity index (χ0v) is 25.1. The summed E-state index contributed by atoms with van der Waals surface area (Å²) in [6.07, 6.45) is 9.36. The molecule has 2 rings (SSSR count). The second kappa shape index (κ2) is 18.2. The topological polar surface area (TPSA) is 113 Å². The normalized spacial score (nSPS) is 14.6. The van der Waals surface area contributed by atoms with Crippen LogP contribution in [0.3, 0.4) is 0 Å². The number of carbonyl (C=O) groups excluding carboxylic acids is 2. The molecule has 0 saturated carbocycles. The summed E-state index contributed by atoms with van der Waals surface area (Å²) in [6.45, 7) is 14.4. The number of hydrogen-bond acceptors (Lipinski definition) is 5. The molecule has 1 saturated heterocycles. The molecule has 4 N–H and O–H groups in total. The highest BCUT2D eigenvalue weighted by Gasteiger charge is 2.21. The SMILES string of the molecule is C=NC(=N)C=C(NCCCCCC)N(Cc1ccc(CN2CCC(CCNC(=O)C(C)C)CC2)cc1)C(=O)NC. The average molecular weight is 554 g/mol. The van der Waals surface area contributed by atoms with Crippen LogP contribution in [0.2, 0.25) is 0 Å². The van der Waals surface area contributed by atoms with Crippen LogP contribution in [0.5, 0.6) is 0 Å². The minimum atomic E-state index is -0.250. The number of rotatable bonds is 16. The van der Waals surface area contributed by atoms with Crippen LogP contribution in [0.25, 0.3) is 0 Å². The first kappa shape index (κ1) is 33.0. The maximum Gasteiger partial charge on any atom is 0.323 e. The van der Waals surface area contributed by atoms with Gasteiger partial charge < -0.3 is 16.0 Å². The lowest BCUT2D eigenvalue weighted by molar-refractivity contribution is -0.124. The first-order valence-corrected chi connectivity index (χ1v) is 14.8. The highest BCUT2D eigenvalue weighted by molar-refractivity contribution is 5.94. The maximum atomic E-state index is 12.8. The van der Waals surface area contributed by atoms with Gasteiger partial charge in [-0.1, -0.05) is 64.3 Å². The number of hydrogen-bond donors (Lipinski definition) is 4. The van der Waals surface area contributed by atoms with Gasteiger partial charge in [0.1, 0.15) is 11.7 Å². The van der Waals surface area contributed by atoms with Gasteiger partial charge in [-0.25, -0.2) is 9.79 Å². The predicted molar refractivity (Wildman–Crippen MR) is 164 cm³/mol. The zero-order chi connectivity index (χ0) is 29.3. The second-order valence-electron chi connectivity index (χ2n) is 11.0. The van der Waals surface area contributed by atoms with Crippen molar-refractivity contribution < 1.29 is 9.59 Å². The Labute approximate surface area is 241 Å². The highest BCUT2D eigenvalue weighted by Crippen LogP contribution is 2.22. The van der Waals surface area contributed by atoms with Crippen LogP contribution >= 0.6 is 0 Å². The number of likely N-dealkylation sites (tertiary alicyclic amines) is 1. The van der Waals surface area contributed by atoms with E-state index in [0.717, 1.165) is 70.3 Å². The Morgan fingerprint density at radius 3 is 2.38 bits per heavy atom. The summed E-state index contributed by atoms with van der Waals surface area (Å²) in [4.78, 5) is 32.4. The Hall–Kier alpha value is -3.20. The summed E-state index contributed by atoms with van der Waals surface area (Å²) in [6, 6.07) is 8.18. The quantitative estimate of drug-likeness (QED) is 0.133. The molecule has 0 spiro atoms. The molecule has 0 atom stereocenters. The fourth-order valence-corrected chi connectivity index (χ4v) is 4.80. The van der Waals surface area contributed by atoms with E-state index in [0.29, 0.717) is 24.8 Å². The van der Waals surface area contributed by atoms with E-state index in [1.165, 1.54) is 12.0 Å². The van der Waals surface area contributed by atoms with Crippen molar-refractivity contribution in [2.45, 2.75) is 78.8 Å². The van der Waals surface area contributed by atoms with E-state index in [1.54, 1.807) is 18.0 Å². The van der Waals surface area contributed by atoms with E-state index in [9.17, 15) is 9.59 Å². The lowest BCUT2D eigenvalue weighted by Crippen LogP contribution is -2.42. The molecule has 0 aliphatic carbocycles. The fraction of sp³-hybridized carbons (Fsp3) is 0.613. The van der Waals surface area contributed by atoms with E-state index >= 15 is 0 Å². The third-order valence-electron chi connectivity index (χ3n) is 7.38. The van der Waals surface area contributed by atoms with Gasteiger partial charge in [0.2, 0.25) is 5.91 Å². The van der Waals surface area contributed by atoms with Crippen LogP contribution in [-0.4, -0.2) is 67.5 Å². The number of nitrogens with one attached hydrogen (secondary N) is 4. The number of nitrogens with zero attached hydrogens (tertiary/aromatic N) is 3. The van der Waals surface area contributed by atoms with Crippen molar-refractivity contribution in [3.63, 3.8) is 0 Å². The Balaban J connectivity index is 1.93. The van der Waals surface area contributed by atoms with Gasteiger partial charge in [-0.15, -0.1) is 0 Å². The Morgan fingerprint density at radius 2 is 1.77 bits per heavy atom. The molecule has 3 amide bonds.